The zero-order chi connectivity index (χ0) is 17.8. The molecule has 0 radical (unpaired) electrons. The summed E-state index contributed by atoms with van der Waals surface area (Å²) < 4.78 is 5.08. The topological polar surface area (TPSA) is 63.6 Å². The standard InChI is InChI=1S/C21H18O4/c1-2-14-7-9-15(10-8-14)20(23)13-25-21(24)18-11-16-5-3-4-6-17(16)12-19(18)22/h3-12,22H,2,13H2,1H3. The van der Waals surface area contributed by atoms with E-state index in [4.69, 9.17) is 4.74 Å². The first kappa shape index (κ1) is 16.7. The van der Waals surface area contributed by atoms with Crippen molar-refractivity contribution >= 4 is 22.5 Å². The fourth-order valence-corrected chi connectivity index (χ4v) is 2.61. The fourth-order valence-electron chi connectivity index (χ4n) is 2.61. The molecular formula is C21H18O4. The first-order valence-corrected chi connectivity index (χ1v) is 8.09. The second kappa shape index (κ2) is 7.18. The average molecular weight is 334 g/mol. The first-order chi connectivity index (χ1) is 12.1. The Labute approximate surface area is 145 Å². The van der Waals surface area contributed by atoms with Gasteiger partial charge in [-0.3, -0.25) is 4.79 Å². The van der Waals surface area contributed by atoms with Crippen LogP contribution in [0.15, 0.2) is 60.7 Å². The number of aromatic hydroxyl groups is 1. The minimum Gasteiger partial charge on any atom is -0.507 e. The van der Waals surface area contributed by atoms with E-state index in [9.17, 15) is 14.7 Å². The summed E-state index contributed by atoms with van der Waals surface area (Å²) in [6.07, 6.45) is 0.894. The maximum atomic E-state index is 12.2. The van der Waals surface area contributed by atoms with Crippen molar-refractivity contribution in [2.75, 3.05) is 6.61 Å². The highest BCUT2D eigenvalue weighted by atomic mass is 16.5. The third kappa shape index (κ3) is 3.69. The molecular weight excluding hydrogens is 316 g/mol. The number of hydrogen-bond donors (Lipinski definition) is 1. The molecule has 3 aromatic carbocycles. The number of ether oxygens (including phenoxy) is 1. The van der Waals surface area contributed by atoms with Gasteiger partial charge in [-0.2, -0.15) is 0 Å². The second-order valence-electron chi connectivity index (χ2n) is 5.77. The van der Waals surface area contributed by atoms with Crippen LogP contribution in [0.25, 0.3) is 10.8 Å². The van der Waals surface area contributed by atoms with E-state index >= 15 is 0 Å². The Morgan fingerprint density at radius 1 is 0.960 bits per heavy atom. The highest BCUT2D eigenvalue weighted by molar-refractivity contribution is 6.01. The van der Waals surface area contributed by atoms with Crippen LogP contribution in [0.2, 0.25) is 0 Å². The zero-order valence-corrected chi connectivity index (χ0v) is 13.9. The van der Waals surface area contributed by atoms with Crippen LogP contribution in [0.5, 0.6) is 5.75 Å². The molecule has 126 valence electrons. The molecule has 4 nitrogen and oxygen atoms in total. The molecule has 0 aliphatic rings. The number of esters is 1. The minimum absolute atomic E-state index is 0.0489. The number of fused-ring (bicyclic) bond motifs is 1. The maximum Gasteiger partial charge on any atom is 0.342 e. The van der Waals surface area contributed by atoms with E-state index < -0.39 is 5.97 Å². The monoisotopic (exact) mass is 334 g/mol. The quantitative estimate of drug-likeness (QED) is 0.562. The van der Waals surface area contributed by atoms with Crippen LogP contribution in [0.1, 0.15) is 33.2 Å². The van der Waals surface area contributed by atoms with Gasteiger partial charge in [0.2, 0.25) is 0 Å². The largest absolute Gasteiger partial charge is 0.507 e. The minimum atomic E-state index is -0.721. The number of hydrogen-bond acceptors (Lipinski definition) is 4. The van der Waals surface area contributed by atoms with Crippen LogP contribution in [-0.4, -0.2) is 23.5 Å². The van der Waals surface area contributed by atoms with Gasteiger partial charge < -0.3 is 9.84 Å². The molecule has 0 saturated heterocycles. The van der Waals surface area contributed by atoms with Crippen LogP contribution < -0.4 is 0 Å². The SMILES string of the molecule is CCc1ccc(C(=O)COC(=O)c2cc3ccccc3cc2O)cc1. The van der Waals surface area contributed by atoms with Gasteiger partial charge in [-0.1, -0.05) is 55.5 Å². The lowest BCUT2D eigenvalue weighted by atomic mass is 10.1. The van der Waals surface area contributed by atoms with E-state index in [1.807, 2.05) is 43.3 Å². The lowest BCUT2D eigenvalue weighted by Gasteiger charge is -2.08. The summed E-state index contributed by atoms with van der Waals surface area (Å²) in [5, 5.41) is 11.7. The fraction of sp³-hybridized carbons (Fsp3) is 0.143. The predicted molar refractivity (Wildman–Crippen MR) is 96.0 cm³/mol. The molecule has 25 heavy (non-hydrogen) atoms. The zero-order valence-electron chi connectivity index (χ0n) is 13.9. The van der Waals surface area contributed by atoms with Crippen molar-refractivity contribution < 1.29 is 19.4 Å². The number of benzene rings is 3. The van der Waals surface area contributed by atoms with Crippen LogP contribution >= 0.6 is 0 Å². The highest BCUT2D eigenvalue weighted by Gasteiger charge is 2.16. The number of Topliss-reactive ketones (excluding diaryl/α,β-unsaturated/α-hetero) is 1. The molecule has 0 saturated carbocycles. The summed E-state index contributed by atoms with van der Waals surface area (Å²) in [5.41, 5.74) is 1.68. The van der Waals surface area contributed by atoms with Gasteiger partial charge in [-0.25, -0.2) is 4.79 Å². The summed E-state index contributed by atoms with van der Waals surface area (Å²) in [5.74, 6) is -1.17. The van der Waals surface area contributed by atoms with Crippen LogP contribution in [0.3, 0.4) is 0 Å². The summed E-state index contributed by atoms with van der Waals surface area (Å²) in [7, 11) is 0. The Morgan fingerprint density at radius 3 is 2.24 bits per heavy atom. The van der Waals surface area contributed by atoms with Gasteiger partial charge >= 0.3 is 5.97 Å². The third-order valence-electron chi connectivity index (χ3n) is 4.10. The molecule has 0 heterocycles. The van der Waals surface area contributed by atoms with Crippen molar-refractivity contribution in [1.82, 2.24) is 0 Å². The molecule has 0 aromatic heterocycles. The van der Waals surface area contributed by atoms with Crippen LogP contribution in [0, 0.1) is 0 Å². The van der Waals surface area contributed by atoms with Gasteiger partial charge in [0.15, 0.2) is 12.4 Å². The predicted octanol–water partition coefficient (Wildman–Crippen LogP) is 4.15. The normalized spacial score (nSPS) is 10.6. The number of carbonyl (C=O) groups excluding carboxylic acids is 2. The highest BCUT2D eigenvalue weighted by Crippen LogP contribution is 2.25. The van der Waals surface area contributed by atoms with Crippen molar-refractivity contribution in [2.45, 2.75) is 13.3 Å². The Hall–Kier alpha value is -3.14. The molecule has 0 atom stereocenters. The first-order valence-electron chi connectivity index (χ1n) is 8.09. The molecule has 0 unspecified atom stereocenters. The third-order valence-corrected chi connectivity index (χ3v) is 4.10. The van der Waals surface area contributed by atoms with Gasteiger partial charge in [0.1, 0.15) is 11.3 Å². The van der Waals surface area contributed by atoms with Crippen molar-refractivity contribution in [3.05, 3.63) is 77.4 Å². The number of carbonyl (C=O) groups is 2. The summed E-state index contributed by atoms with van der Waals surface area (Å²) in [6.45, 7) is 1.67. The van der Waals surface area contributed by atoms with Gasteiger partial charge in [-0.15, -0.1) is 0 Å². The molecule has 0 aliphatic heterocycles. The van der Waals surface area contributed by atoms with Crippen molar-refractivity contribution in [3.8, 4) is 5.75 Å². The van der Waals surface area contributed by atoms with Crippen LogP contribution in [-0.2, 0) is 11.2 Å². The average Bonchev–Trinajstić information content (AvgIpc) is 2.65. The Bertz CT molecular complexity index is 926. The van der Waals surface area contributed by atoms with Gasteiger partial charge in [0.05, 0.1) is 0 Å². The van der Waals surface area contributed by atoms with Gasteiger partial charge in [0, 0.05) is 5.56 Å². The van der Waals surface area contributed by atoms with E-state index in [2.05, 4.69) is 0 Å². The Kier molecular flexibility index (Phi) is 4.80. The number of phenols is 1. The van der Waals surface area contributed by atoms with E-state index in [0.29, 0.717) is 5.56 Å². The van der Waals surface area contributed by atoms with E-state index in [-0.39, 0.29) is 23.7 Å². The molecule has 0 fully saturated rings. The number of aryl methyl sites for hydroxylation is 1. The van der Waals surface area contributed by atoms with Crippen molar-refractivity contribution in [1.29, 1.82) is 0 Å². The number of ketones is 1. The van der Waals surface area contributed by atoms with Gasteiger partial charge in [0.25, 0.3) is 0 Å². The lowest BCUT2D eigenvalue weighted by Crippen LogP contribution is -2.14. The van der Waals surface area contributed by atoms with E-state index in [1.54, 1.807) is 18.2 Å². The summed E-state index contributed by atoms with van der Waals surface area (Å²) in [4.78, 5) is 24.3. The molecule has 1 N–H and O–H groups in total. The molecule has 0 spiro atoms. The van der Waals surface area contributed by atoms with Crippen LogP contribution in [0.4, 0.5) is 0 Å². The summed E-state index contributed by atoms with van der Waals surface area (Å²) >= 11 is 0. The molecule has 3 aromatic rings. The molecule has 4 heteroatoms. The maximum absolute atomic E-state index is 12.2. The molecule has 0 aliphatic carbocycles. The molecule has 0 bridgehead atoms. The smallest absolute Gasteiger partial charge is 0.342 e. The van der Waals surface area contributed by atoms with Gasteiger partial charge in [-0.05, 0) is 34.9 Å². The van der Waals surface area contributed by atoms with E-state index in [0.717, 1.165) is 22.8 Å². The summed E-state index contributed by atoms with van der Waals surface area (Å²) in [6, 6.07) is 17.7. The Morgan fingerprint density at radius 2 is 1.60 bits per heavy atom. The van der Waals surface area contributed by atoms with Crippen molar-refractivity contribution in [2.24, 2.45) is 0 Å². The second-order valence-corrected chi connectivity index (χ2v) is 5.77. The van der Waals surface area contributed by atoms with E-state index in [1.165, 1.54) is 6.07 Å². The molecule has 3 rings (SSSR count). The van der Waals surface area contributed by atoms with Crippen molar-refractivity contribution in [3.63, 3.8) is 0 Å². The lowest BCUT2D eigenvalue weighted by molar-refractivity contribution is 0.0472. The number of phenolic OH excluding ortho intramolecular Hbond substituents is 1. The molecule has 0 amide bonds. The Balaban J connectivity index is 1.71. The number of rotatable bonds is 5.